The third-order valence-corrected chi connectivity index (χ3v) is 6.45. The minimum atomic E-state index is -0.200. The molecular formula is C26H26BrN7O3S. The number of para-hydroxylation sites is 1. The molecule has 1 heterocycles. The van der Waals surface area contributed by atoms with E-state index in [0.29, 0.717) is 29.8 Å². The summed E-state index contributed by atoms with van der Waals surface area (Å²) in [6, 6.07) is 22.6. The first kappa shape index (κ1) is 27.0. The molecule has 196 valence electrons. The molecule has 0 saturated heterocycles. The number of carbonyl (C=O) groups excluding carboxylic acids is 1. The van der Waals surface area contributed by atoms with E-state index in [4.69, 9.17) is 15.3 Å². The Bertz CT molecular complexity index is 1400. The number of nitrogen functional groups attached to an aromatic ring is 1. The molecular weight excluding hydrogens is 570 g/mol. The summed E-state index contributed by atoms with van der Waals surface area (Å²) in [6.45, 7) is 2.92. The van der Waals surface area contributed by atoms with Crippen LogP contribution in [0.4, 0.5) is 11.6 Å². The Labute approximate surface area is 232 Å². The summed E-state index contributed by atoms with van der Waals surface area (Å²) in [4.78, 5) is 12.3. The van der Waals surface area contributed by atoms with Gasteiger partial charge in [0.15, 0.2) is 0 Å². The Balaban J connectivity index is 1.29. The van der Waals surface area contributed by atoms with Crippen LogP contribution < -0.4 is 26.1 Å². The highest BCUT2D eigenvalue weighted by Crippen LogP contribution is 2.21. The summed E-state index contributed by atoms with van der Waals surface area (Å²) in [5.74, 6) is 7.64. The second kappa shape index (κ2) is 13.5. The molecule has 0 aliphatic heterocycles. The number of benzene rings is 3. The molecule has 0 atom stereocenters. The Kier molecular flexibility index (Phi) is 9.59. The van der Waals surface area contributed by atoms with Crippen LogP contribution >= 0.6 is 27.7 Å². The van der Waals surface area contributed by atoms with Crippen molar-refractivity contribution in [1.82, 2.24) is 14.9 Å². The van der Waals surface area contributed by atoms with Crippen LogP contribution in [0, 0.1) is 0 Å². The number of nitrogens with two attached hydrogens (primary N) is 1. The van der Waals surface area contributed by atoms with Crippen LogP contribution in [0.3, 0.4) is 0 Å². The number of halogens is 1. The van der Waals surface area contributed by atoms with Crippen molar-refractivity contribution in [2.75, 3.05) is 28.9 Å². The highest BCUT2D eigenvalue weighted by molar-refractivity contribution is 9.10. The molecule has 0 spiro atoms. The molecule has 12 heteroatoms. The first-order valence-electron chi connectivity index (χ1n) is 11.6. The van der Waals surface area contributed by atoms with Gasteiger partial charge in [0.05, 0.1) is 18.6 Å². The minimum absolute atomic E-state index is 0.106. The molecule has 0 bridgehead atoms. The summed E-state index contributed by atoms with van der Waals surface area (Å²) in [5.41, 5.74) is 5.27. The number of hydrazone groups is 1. The van der Waals surface area contributed by atoms with Gasteiger partial charge in [-0.15, -0.1) is 10.2 Å². The molecule has 0 saturated carbocycles. The standard InChI is InChI=1S/C26H26BrN7O3S/c1-2-36-22-12-10-21(11-13-22)30-24(35)17-38-26-33-32-25(34(26)28)31-29-15-19-7-3-4-9-23(19)37-16-18-6-5-8-20(27)14-18/h3-15H,2,16-17,28H2,1H3,(H,30,35)(H,31,32)/b29-15+. The van der Waals surface area contributed by atoms with Gasteiger partial charge in [0.1, 0.15) is 18.1 Å². The monoisotopic (exact) mass is 595 g/mol. The van der Waals surface area contributed by atoms with Crippen molar-refractivity contribution in [3.05, 3.63) is 88.4 Å². The van der Waals surface area contributed by atoms with Gasteiger partial charge in [0.2, 0.25) is 11.1 Å². The number of ether oxygens (including phenoxy) is 2. The number of nitrogens with one attached hydrogen (secondary N) is 2. The molecule has 1 amide bonds. The lowest BCUT2D eigenvalue weighted by Gasteiger charge is -2.09. The van der Waals surface area contributed by atoms with Crippen molar-refractivity contribution in [3.63, 3.8) is 0 Å². The van der Waals surface area contributed by atoms with Gasteiger partial charge in [-0.1, -0.05) is 52.0 Å². The van der Waals surface area contributed by atoms with E-state index >= 15 is 0 Å². The lowest BCUT2D eigenvalue weighted by atomic mass is 10.2. The van der Waals surface area contributed by atoms with Crippen molar-refractivity contribution in [2.45, 2.75) is 18.7 Å². The normalized spacial score (nSPS) is 10.9. The molecule has 0 aliphatic carbocycles. The molecule has 0 radical (unpaired) electrons. The van der Waals surface area contributed by atoms with Gasteiger partial charge in [0.25, 0.3) is 5.95 Å². The molecule has 1 aromatic heterocycles. The molecule has 0 fully saturated rings. The number of aromatic nitrogens is 3. The van der Waals surface area contributed by atoms with E-state index in [9.17, 15) is 4.79 Å². The molecule has 38 heavy (non-hydrogen) atoms. The highest BCUT2D eigenvalue weighted by atomic mass is 79.9. The number of thioether (sulfide) groups is 1. The van der Waals surface area contributed by atoms with Crippen molar-refractivity contribution >= 4 is 51.4 Å². The van der Waals surface area contributed by atoms with E-state index in [1.807, 2.05) is 55.5 Å². The summed E-state index contributed by atoms with van der Waals surface area (Å²) in [6.07, 6.45) is 1.61. The van der Waals surface area contributed by atoms with Crippen LogP contribution in [0.1, 0.15) is 18.1 Å². The maximum atomic E-state index is 12.3. The van der Waals surface area contributed by atoms with Crippen LogP contribution in [-0.2, 0) is 11.4 Å². The van der Waals surface area contributed by atoms with E-state index in [0.717, 1.165) is 33.1 Å². The Morgan fingerprint density at radius 2 is 1.92 bits per heavy atom. The maximum Gasteiger partial charge on any atom is 0.264 e. The molecule has 0 unspecified atom stereocenters. The average molecular weight is 597 g/mol. The quantitative estimate of drug-likeness (QED) is 0.0911. The smallest absolute Gasteiger partial charge is 0.264 e. The number of rotatable bonds is 12. The maximum absolute atomic E-state index is 12.3. The Hall–Kier alpha value is -4.03. The molecule has 0 aliphatic rings. The fourth-order valence-electron chi connectivity index (χ4n) is 3.25. The largest absolute Gasteiger partial charge is 0.494 e. The topological polar surface area (TPSA) is 129 Å². The predicted octanol–water partition coefficient (Wildman–Crippen LogP) is 4.91. The van der Waals surface area contributed by atoms with Crippen LogP contribution in [0.15, 0.2) is 87.5 Å². The molecule has 4 aromatic rings. The van der Waals surface area contributed by atoms with E-state index in [1.165, 1.54) is 4.68 Å². The van der Waals surface area contributed by atoms with Crippen LogP contribution in [0.5, 0.6) is 11.5 Å². The lowest BCUT2D eigenvalue weighted by molar-refractivity contribution is -0.113. The fourth-order valence-corrected chi connectivity index (χ4v) is 4.35. The Morgan fingerprint density at radius 1 is 1.11 bits per heavy atom. The minimum Gasteiger partial charge on any atom is -0.494 e. The first-order chi connectivity index (χ1) is 18.5. The molecule has 10 nitrogen and oxygen atoms in total. The van der Waals surface area contributed by atoms with Gasteiger partial charge < -0.3 is 20.6 Å². The summed E-state index contributed by atoms with van der Waals surface area (Å²) in [7, 11) is 0. The van der Waals surface area contributed by atoms with E-state index in [2.05, 4.69) is 42.0 Å². The van der Waals surface area contributed by atoms with Crippen molar-refractivity contribution in [2.24, 2.45) is 5.10 Å². The third kappa shape index (κ3) is 7.73. The average Bonchev–Trinajstić information content (AvgIpc) is 3.27. The van der Waals surface area contributed by atoms with E-state index < -0.39 is 0 Å². The van der Waals surface area contributed by atoms with Crippen molar-refractivity contribution in [1.29, 1.82) is 0 Å². The fraction of sp³-hybridized carbons (Fsp3) is 0.154. The molecule has 3 aromatic carbocycles. The van der Waals surface area contributed by atoms with Gasteiger partial charge in [-0.3, -0.25) is 4.79 Å². The van der Waals surface area contributed by atoms with Gasteiger partial charge in [-0.2, -0.15) is 5.10 Å². The van der Waals surface area contributed by atoms with Gasteiger partial charge >= 0.3 is 0 Å². The third-order valence-electron chi connectivity index (χ3n) is 5.02. The van der Waals surface area contributed by atoms with Gasteiger partial charge in [-0.05, 0) is 61.0 Å². The lowest BCUT2D eigenvalue weighted by Crippen LogP contribution is -2.16. The summed E-state index contributed by atoms with van der Waals surface area (Å²) in [5, 5.41) is 15.4. The number of nitrogens with zero attached hydrogens (tertiary/aromatic N) is 4. The van der Waals surface area contributed by atoms with E-state index in [-0.39, 0.29) is 17.6 Å². The number of hydrogen-bond acceptors (Lipinski definition) is 9. The zero-order valence-electron chi connectivity index (χ0n) is 20.5. The van der Waals surface area contributed by atoms with E-state index in [1.54, 1.807) is 30.5 Å². The first-order valence-corrected chi connectivity index (χ1v) is 13.4. The number of amides is 1. The Morgan fingerprint density at radius 3 is 2.71 bits per heavy atom. The SMILES string of the molecule is CCOc1ccc(NC(=O)CSc2nnc(N/N=C/c3ccccc3OCc3cccc(Br)c3)n2N)cc1. The number of anilines is 2. The van der Waals surface area contributed by atoms with Gasteiger partial charge in [0, 0.05) is 15.7 Å². The van der Waals surface area contributed by atoms with Crippen LogP contribution in [-0.4, -0.2) is 39.4 Å². The predicted molar refractivity (Wildman–Crippen MR) is 153 cm³/mol. The van der Waals surface area contributed by atoms with Crippen LogP contribution in [0.2, 0.25) is 0 Å². The summed E-state index contributed by atoms with van der Waals surface area (Å²) < 4.78 is 13.6. The second-order valence-electron chi connectivity index (χ2n) is 7.80. The highest BCUT2D eigenvalue weighted by Gasteiger charge is 2.12. The second-order valence-corrected chi connectivity index (χ2v) is 9.66. The zero-order valence-corrected chi connectivity index (χ0v) is 22.9. The molecule has 4 rings (SSSR count). The van der Waals surface area contributed by atoms with Crippen LogP contribution in [0.25, 0.3) is 0 Å². The van der Waals surface area contributed by atoms with Crippen molar-refractivity contribution in [3.8, 4) is 11.5 Å². The zero-order chi connectivity index (χ0) is 26.7. The van der Waals surface area contributed by atoms with Crippen molar-refractivity contribution < 1.29 is 14.3 Å². The summed E-state index contributed by atoms with van der Waals surface area (Å²) >= 11 is 4.63. The number of hydrogen-bond donors (Lipinski definition) is 3. The number of carbonyl (C=O) groups is 1. The molecule has 4 N–H and O–H groups in total. The van der Waals surface area contributed by atoms with Gasteiger partial charge in [-0.25, -0.2) is 10.1 Å².